The van der Waals surface area contributed by atoms with E-state index >= 15 is 0 Å². The SMILES string of the molecule is CCOC(=O)[C@@H]1[C@@H](c2ccc3c(c2)OCCO3)CN[C@H]1c1ccc(CC)c(F)c1. The van der Waals surface area contributed by atoms with Crippen molar-refractivity contribution in [1.82, 2.24) is 5.32 Å². The molecular weight excluding hydrogens is 373 g/mol. The Morgan fingerprint density at radius 2 is 1.86 bits per heavy atom. The minimum absolute atomic E-state index is 0.108. The van der Waals surface area contributed by atoms with E-state index in [-0.39, 0.29) is 23.7 Å². The third-order valence-corrected chi connectivity index (χ3v) is 5.72. The Bertz CT molecular complexity index is 900. The van der Waals surface area contributed by atoms with Crippen molar-refractivity contribution in [2.45, 2.75) is 32.2 Å². The van der Waals surface area contributed by atoms with E-state index in [9.17, 15) is 9.18 Å². The summed E-state index contributed by atoms with van der Waals surface area (Å²) < 4.78 is 31.1. The first-order chi connectivity index (χ1) is 14.1. The van der Waals surface area contributed by atoms with Gasteiger partial charge in [-0.05, 0) is 48.2 Å². The molecule has 3 atom stereocenters. The molecule has 4 rings (SSSR count). The van der Waals surface area contributed by atoms with Crippen LogP contribution < -0.4 is 14.8 Å². The zero-order chi connectivity index (χ0) is 20.4. The molecule has 0 amide bonds. The maximum absolute atomic E-state index is 14.4. The van der Waals surface area contributed by atoms with Crippen LogP contribution in [0.25, 0.3) is 0 Å². The van der Waals surface area contributed by atoms with Gasteiger partial charge in [0.1, 0.15) is 19.0 Å². The molecule has 154 valence electrons. The molecule has 0 saturated carbocycles. The van der Waals surface area contributed by atoms with E-state index in [0.717, 1.165) is 11.1 Å². The van der Waals surface area contributed by atoms with Crippen LogP contribution in [0.2, 0.25) is 0 Å². The van der Waals surface area contributed by atoms with Crippen LogP contribution in [0.15, 0.2) is 36.4 Å². The largest absolute Gasteiger partial charge is 0.486 e. The molecule has 2 heterocycles. The number of esters is 1. The van der Waals surface area contributed by atoms with E-state index in [1.807, 2.05) is 31.2 Å². The third-order valence-electron chi connectivity index (χ3n) is 5.72. The first kappa shape index (κ1) is 19.7. The summed E-state index contributed by atoms with van der Waals surface area (Å²) in [5, 5.41) is 3.42. The second kappa shape index (κ2) is 8.41. The first-order valence-corrected chi connectivity index (χ1v) is 10.2. The lowest BCUT2D eigenvalue weighted by atomic mass is 9.82. The van der Waals surface area contributed by atoms with E-state index < -0.39 is 5.92 Å². The molecule has 1 fully saturated rings. The third kappa shape index (κ3) is 3.81. The molecule has 6 heteroatoms. The fraction of sp³-hybridized carbons (Fsp3) is 0.435. The lowest BCUT2D eigenvalue weighted by Gasteiger charge is -2.25. The lowest BCUT2D eigenvalue weighted by molar-refractivity contribution is -0.148. The molecule has 29 heavy (non-hydrogen) atoms. The van der Waals surface area contributed by atoms with Crippen molar-refractivity contribution in [3.8, 4) is 11.5 Å². The number of rotatable bonds is 5. The van der Waals surface area contributed by atoms with E-state index in [1.165, 1.54) is 6.07 Å². The first-order valence-electron chi connectivity index (χ1n) is 10.2. The number of ether oxygens (including phenoxy) is 3. The molecule has 2 aromatic rings. The van der Waals surface area contributed by atoms with E-state index in [4.69, 9.17) is 14.2 Å². The van der Waals surface area contributed by atoms with Crippen LogP contribution in [0.3, 0.4) is 0 Å². The average Bonchev–Trinajstić information content (AvgIpc) is 3.19. The highest BCUT2D eigenvalue weighted by molar-refractivity contribution is 5.76. The van der Waals surface area contributed by atoms with Gasteiger partial charge in [-0.25, -0.2) is 4.39 Å². The quantitative estimate of drug-likeness (QED) is 0.776. The van der Waals surface area contributed by atoms with Crippen LogP contribution in [-0.4, -0.2) is 32.3 Å². The zero-order valence-electron chi connectivity index (χ0n) is 16.7. The number of fused-ring (bicyclic) bond motifs is 1. The number of halogens is 1. The summed E-state index contributed by atoms with van der Waals surface area (Å²) in [4.78, 5) is 12.9. The Morgan fingerprint density at radius 1 is 1.10 bits per heavy atom. The fourth-order valence-corrected chi connectivity index (χ4v) is 4.26. The molecule has 0 bridgehead atoms. The number of carbonyl (C=O) groups excluding carboxylic acids is 1. The molecule has 0 unspecified atom stereocenters. The zero-order valence-corrected chi connectivity index (χ0v) is 16.7. The van der Waals surface area contributed by atoms with Crippen molar-refractivity contribution >= 4 is 5.97 Å². The maximum atomic E-state index is 14.4. The van der Waals surface area contributed by atoms with Crippen molar-refractivity contribution < 1.29 is 23.4 Å². The number of benzene rings is 2. The highest BCUT2D eigenvalue weighted by atomic mass is 19.1. The van der Waals surface area contributed by atoms with Crippen LogP contribution >= 0.6 is 0 Å². The number of aryl methyl sites for hydroxylation is 1. The standard InChI is InChI=1S/C23H26FNO4/c1-3-14-5-6-16(11-18(14)24)22-21(23(26)27-4-2)17(13-25-22)15-7-8-19-20(12-15)29-10-9-28-19/h5-8,11-12,17,21-22,25H,3-4,9-10,13H2,1-2H3/t17-,21-,22+/m1/s1. The van der Waals surface area contributed by atoms with Crippen LogP contribution in [-0.2, 0) is 16.0 Å². The molecule has 2 aliphatic heterocycles. The van der Waals surface area contributed by atoms with Crippen LogP contribution in [0.4, 0.5) is 4.39 Å². The lowest BCUT2D eigenvalue weighted by Crippen LogP contribution is -2.28. The van der Waals surface area contributed by atoms with E-state index in [1.54, 1.807) is 13.0 Å². The topological polar surface area (TPSA) is 56.8 Å². The summed E-state index contributed by atoms with van der Waals surface area (Å²) in [7, 11) is 0. The van der Waals surface area contributed by atoms with Crippen molar-refractivity contribution in [3.63, 3.8) is 0 Å². The van der Waals surface area contributed by atoms with E-state index in [0.29, 0.717) is 49.8 Å². The van der Waals surface area contributed by atoms with E-state index in [2.05, 4.69) is 5.32 Å². The Hall–Kier alpha value is -2.60. The summed E-state index contributed by atoms with van der Waals surface area (Å²) in [5.41, 5.74) is 2.41. The summed E-state index contributed by atoms with van der Waals surface area (Å²) in [5.74, 6) is 0.332. The Labute approximate surface area is 170 Å². The van der Waals surface area contributed by atoms with Gasteiger partial charge in [0.05, 0.1) is 12.5 Å². The number of hydrogen-bond donors (Lipinski definition) is 1. The van der Waals surface area contributed by atoms with Gasteiger partial charge in [0, 0.05) is 18.5 Å². The van der Waals surface area contributed by atoms with Gasteiger partial charge >= 0.3 is 5.97 Å². The monoisotopic (exact) mass is 399 g/mol. The van der Waals surface area contributed by atoms with Gasteiger partial charge in [-0.3, -0.25) is 4.79 Å². The highest BCUT2D eigenvalue weighted by Crippen LogP contribution is 2.43. The van der Waals surface area contributed by atoms with Gasteiger partial charge in [0.15, 0.2) is 11.5 Å². The summed E-state index contributed by atoms with van der Waals surface area (Å²) in [6, 6.07) is 10.7. The summed E-state index contributed by atoms with van der Waals surface area (Å²) in [6.07, 6.45) is 0.630. The Morgan fingerprint density at radius 3 is 2.59 bits per heavy atom. The Kier molecular flexibility index (Phi) is 5.72. The number of carbonyl (C=O) groups is 1. The molecule has 5 nitrogen and oxygen atoms in total. The van der Waals surface area contributed by atoms with Gasteiger partial charge < -0.3 is 19.5 Å². The summed E-state index contributed by atoms with van der Waals surface area (Å²) in [6.45, 7) is 5.65. The average molecular weight is 399 g/mol. The van der Waals surface area contributed by atoms with Crippen molar-refractivity contribution in [1.29, 1.82) is 0 Å². The van der Waals surface area contributed by atoms with Crippen molar-refractivity contribution in [2.75, 3.05) is 26.4 Å². The van der Waals surface area contributed by atoms with Gasteiger partial charge in [0.25, 0.3) is 0 Å². The van der Waals surface area contributed by atoms with Crippen molar-refractivity contribution in [3.05, 3.63) is 58.9 Å². The highest BCUT2D eigenvalue weighted by Gasteiger charge is 2.43. The van der Waals surface area contributed by atoms with Crippen LogP contribution in [0, 0.1) is 11.7 Å². The van der Waals surface area contributed by atoms with Crippen molar-refractivity contribution in [2.24, 2.45) is 5.92 Å². The minimum atomic E-state index is -0.454. The Balaban J connectivity index is 1.67. The molecule has 2 aliphatic rings. The number of hydrogen-bond acceptors (Lipinski definition) is 5. The molecule has 0 radical (unpaired) electrons. The molecule has 1 saturated heterocycles. The molecule has 2 aromatic carbocycles. The normalized spacial score (nSPS) is 23.1. The maximum Gasteiger partial charge on any atom is 0.311 e. The van der Waals surface area contributed by atoms with Gasteiger partial charge in [-0.15, -0.1) is 0 Å². The van der Waals surface area contributed by atoms with Gasteiger partial charge in [-0.1, -0.05) is 25.1 Å². The second-order valence-corrected chi connectivity index (χ2v) is 7.38. The van der Waals surface area contributed by atoms with Crippen LogP contribution in [0.5, 0.6) is 11.5 Å². The second-order valence-electron chi connectivity index (χ2n) is 7.38. The van der Waals surface area contributed by atoms with Gasteiger partial charge in [-0.2, -0.15) is 0 Å². The minimum Gasteiger partial charge on any atom is -0.486 e. The van der Waals surface area contributed by atoms with Gasteiger partial charge in [0.2, 0.25) is 0 Å². The van der Waals surface area contributed by atoms with Crippen LogP contribution in [0.1, 0.15) is 42.5 Å². The fourth-order valence-electron chi connectivity index (χ4n) is 4.26. The molecule has 0 aromatic heterocycles. The molecular formula is C23H26FNO4. The number of nitrogens with one attached hydrogen (secondary N) is 1. The molecule has 0 aliphatic carbocycles. The summed E-state index contributed by atoms with van der Waals surface area (Å²) >= 11 is 0. The molecule has 0 spiro atoms. The predicted molar refractivity (Wildman–Crippen MR) is 107 cm³/mol. The smallest absolute Gasteiger partial charge is 0.311 e. The predicted octanol–water partition coefficient (Wildman–Crippen LogP) is 3.77. The molecule has 1 N–H and O–H groups in total.